The van der Waals surface area contributed by atoms with Crippen LogP contribution in [-0.4, -0.2) is 12.1 Å². The maximum absolute atomic E-state index is 11.0. The number of ether oxygens (including phenoxy) is 1. The van der Waals surface area contributed by atoms with E-state index in [-0.39, 0.29) is 12.1 Å². The average molecular weight is 182 g/mol. The second-order valence-electron chi connectivity index (χ2n) is 4.12. The van der Waals surface area contributed by atoms with Crippen LogP contribution < -0.4 is 0 Å². The van der Waals surface area contributed by atoms with Crippen molar-refractivity contribution in [3.63, 3.8) is 0 Å². The first-order valence-electron chi connectivity index (χ1n) is 4.95. The molecule has 0 saturated heterocycles. The topological polar surface area (TPSA) is 26.3 Å². The fourth-order valence-electron chi connectivity index (χ4n) is 1.34. The molecule has 1 heterocycles. The van der Waals surface area contributed by atoms with E-state index in [0.717, 1.165) is 6.42 Å². The molecule has 0 aromatic carbocycles. The predicted molar refractivity (Wildman–Crippen MR) is 52.3 cm³/mol. The molecule has 0 aromatic rings. The third-order valence-corrected chi connectivity index (χ3v) is 2.66. The SMILES string of the molecule is CC(C)C(C)C[C@H]1C=CCC(=O)O1. The fraction of sp³-hybridized carbons (Fsp3) is 0.727. The number of hydrogen-bond acceptors (Lipinski definition) is 2. The summed E-state index contributed by atoms with van der Waals surface area (Å²) in [5, 5.41) is 0. The van der Waals surface area contributed by atoms with Gasteiger partial charge in [-0.15, -0.1) is 0 Å². The molecule has 0 fully saturated rings. The third-order valence-electron chi connectivity index (χ3n) is 2.66. The van der Waals surface area contributed by atoms with E-state index in [4.69, 9.17) is 4.74 Å². The number of cyclic esters (lactones) is 1. The molecule has 0 amide bonds. The molecule has 2 heteroatoms. The molecule has 0 spiro atoms. The summed E-state index contributed by atoms with van der Waals surface area (Å²) in [6, 6.07) is 0. The van der Waals surface area contributed by atoms with Crippen LogP contribution in [0.4, 0.5) is 0 Å². The van der Waals surface area contributed by atoms with Crippen LogP contribution in [0.15, 0.2) is 12.2 Å². The fourth-order valence-corrected chi connectivity index (χ4v) is 1.34. The summed E-state index contributed by atoms with van der Waals surface area (Å²) >= 11 is 0. The van der Waals surface area contributed by atoms with Gasteiger partial charge in [-0.3, -0.25) is 4.79 Å². The van der Waals surface area contributed by atoms with Gasteiger partial charge in [0, 0.05) is 0 Å². The maximum atomic E-state index is 11.0. The monoisotopic (exact) mass is 182 g/mol. The van der Waals surface area contributed by atoms with Crippen LogP contribution >= 0.6 is 0 Å². The lowest BCUT2D eigenvalue weighted by Gasteiger charge is -2.23. The van der Waals surface area contributed by atoms with Gasteiger partial charge >= 0.3 is 5.97 Å². The highest BCUT2D eigenvalue weighted by molar-refractivity contribution is 5.72. The summed E-state index contributed by atoms with van der Waals surface area (Å²) in [4.78, 5) is 11.0. The summed E-state index contributed by atoms with van der Waals surface area (Å²) in [6.45, 7) is 6.58. The van der Waals surface area contributed by atoms with Crippen molar-refractivity contribution in [3.05, 3.63) is 12.2 Å². The highest BCUT2D eigenvalue weighted by atomic mass is 16.5. The van der Waals surface area contributed by atoms with Gasteiger partial charge in [0.1, 0.15) is 6.10 Å². The zero-order valence-corrected chi connectivity index (χ0v) is 8.62. The third kappa shape index (κ3) is 3.21. The van der Waals surface area contributed by atoms with Crippen LogP contribution in [0.3, 0.4) is 0 Å². The Bertz CT molecular complexity index is 206. The van der Waals surface area contributed by atoms with Crippen molar-refractivity contribution in [2.75, 3.05) is 0 Å². The molecule has 1 aliphatic heterocycles. The smallest absolute Gasteiger partial charge is 0.310 e. The highest BCUT2D eigenvalue weighted by Crippen LogP contribution is 2.20. The van der Waals surface area contributed by atoms with Gasteiger partial charge in [-0.1, -0.05) is 26.8 Å². The zero-order valence-electron chi connectivity index (χ0n) is 8.62. The average Bonchev–Trinajstić information content (AvgIpc) is 2.04. The first-order chi connectivity index (χ1) is 6.09. The minimum absolute atomic E-state index is 0.0126. The van der Waals surface area contributed by atoms with Crippen molar-refractivity contribution in [2.24, 2.45) is 11.8 Å². The Kier molecular flexibility index (Phi) is 3.52. The molecule has 0 aromatic heterocycles. The molecule has 0 aliphatic carbocycles. The van der Waals surface area contributed by atoms with Gasteiger partial charge in [0.25, 0.3) is 0 Å². The van der Waals surface area contributed by atoms with Gasteiger partial charge in [-0.25, -0.2) is 0 Å². The number of rotatable bonds is 3. The number of esters is 1. The molecule has 1 unspecified atom stereocenters. The Labute approximate surface area is 80.0 Å². The van der Waals surface area contributed by atoms with Crippen LogP contribution in [-0.2, 0) is 9.53 Å². The van der Waals surface area contributed by atoms with Crippen LogP contribution in [0.5, 0.6) is 0 Å². The van der Waals surface area contributed by atoms with E-state index in [1.54, 1.807) is 0 Å². The molecule has 0 saturated carbocycles. The maximum Gasteiger partial charge on any atom is 0.310 e. The Morgan fingerprint density at radius 3 is 2.77 bits per heavy atom. The predicted octanol–water partition coefficient (Wildman–Crippen LogP) is 2.54. The molecule has 74 valence electrons. The molecule has 0 bridgehead atoms. The minimum atomic E-state index is -0.0940. The van der Waals surface area contributed by atoms with Crippen molar-refractivity contribution in [3.8, 4) is 0 Å². The molecule has 1 aliphatic rings. The minimum Gasteiger partial charge on any atom is -0.458 e. The second kappa shape index (κ2) is 4.45. The van der Waals surface area contributed by atoms with Crippen LogP contribution in [0.25, 0.3) is 0 Å². The molecule has 2 nitrogen and oxygen atoms in total. The van der Waals surface area contributed by atoms with Crippen molar-refractivity contribution in [1.82, 2.24) is 0 Å². The van der Waals surface area contributed by atoms with Gasteiger partial charge in [-0.2, -0.15) is 0 Å². The van der Waals surface area contributed by atoms with E-state index in [0.29, 0.717) is 18.3 Å². The van der Waals surface area contributed by atoms with E-state index in [1.165, 1.54) is 0 Å². The summed E-state index contributed by atoms with van der Waals surface area (Å²) in [5.74, 6) is 1.15. The van der Waals surface area contributed by atoms with E-state index in [1.807, 2.05) is 12.2 Å². The van der Waals surface area contributed by atoms with Crippen LogP contribution in [0.2, 0.25) is 0 Å². The molecule has 2 atom stereocenters. The Morgan fingerprint density at radius 2 is 2.23 bits per heavy atom. The number of carbonyl (C=O) groups is 1. The summed E-state index contributed by atoms with van der Waals surface area (Å²) < 4.78 is 5.18. The van der Waals surface area contributed by atoms with Crippen molar-refractivity contribution < 1.29 is 9.53 Å². The lowest BCUT2D eigenvalue weighted by Crippen LogP contribution is -2.23. The van der Waals surface area contributed by atoms with Crippen molar-refractivity contribution in [1.29, 1.82) is 0 Å². The zero-order chi connectivity index (χ0) is 9.84. The lowest BCUT2D eigenvalue weighted by molar-refractivity contribution is -0.147. The Morgan fingerprint density at radius 1 is 1.54 bits per heavy atom. The quantitative estimate of drug-likeness (QED) is 0.495. The number of hydrogen-bond donors (Lipinski definition) is 0. The molecular formula is C11H18O2. The lowest BCUT2D eigenvalue weighted by atomic mass is 9.91. The summed E-state index contributed by atoms with van der Waals surface area (Å²) in [5.41, 5.74) is 0. The Hall–Kier alpha value is -0.790. The second-order valence-corrected chi connectivity index (χ2v) is 4.12. The standard InChI is InChI=1S/C11H18O2/c1-8(2)9(3)7-10-5-4-6-11(12)13-10/h4-5,8-10H,6-7H2,1-3H3/t9?,10-/m1/s1. The van der Waals surface area contributed by atoms with E-state index in [2.05, 4.69) is 20.8 Å². The molecule has 0 N–H and O–H groups in total. The summed E-state index contributed by atoms with van der Waals surface area (Å²) in [6.07, 6.45) is 5.30. The van der Waals surface area contributed by atoms with Crippen LogP contribution in [0, 0.1) is 11.8 Å². The molecular weight excluding hydrogens is 164 g/mol. The largest absolute Gasteiger partial charge is 0.458 e. The van der Waals surface area contributed by atoms with Crippen molar-refractivity contribution >= 4 is 5.97 Å². The van der Waals surface area contributed by atoms with Gasteiger partial charge in [0.2, 0.25) is 0 Å². The number of carbonyl (C=O) groups excluding carboxylic acids is 1. The molecule has 0 radical (unpaired) electrons. The first kappa shape index (κ1) is 10.3. The first-order valence-corrected chi connectivity index (χ1v) is 4.95. The van der Waals surface area contributed by atoms with E-state index < -0.39 is 0 Å². The van der Waals surface area contributed by atoms with E-state index in [9.17, 15) is 4.79 Å². The Balaban J connectivity index is 2.40. The normalized spacial score (nSPS) is 24.6. The van der Waals surface area contributed by atoms with Gasteiger partial charge in [-0.05, 0) is 24.3 Å². The van der Waals surface area contributed by atoms with Gasteiger partial charge in [0.15, 0.2) is 0 Å². The van der Waals surface area contributed by atoms with Gasteiger partial charge in [0.05, 0.1) is 6.42 Å². The molecule has 13 heavy (non-hydrogen) atoms. The highest BCUT2D eigenvalue weighted by Gasteiger charge is 2.19. The van der Waals surface area contributed by atoms with Gasteiger partial charge < -0.3 is 4.74 Å². The van der Waals surface area contributed by atoms with E-state index >= 15 is 0 Å². The molecule has 1 rings (SSSR count). The van der Waals surface area contributed by atoms with Crippen molar-refractivity contribution in [2.45, 2.75) is 39.7 Å². The summed E-state index contributed by atoms with van der Waals surface area (Å²) in [7, 11) is 0. The van der Waals surface area contributed by atoms with Crippen LogP contribution in [0.1, 0.15) is 33.6 Å².